The van der Waals surface area contributed by atoms with E-state index >= 15 is 0 Å². The number of hydroxylamine groups is 1. The molecule has 0 radical (unpaired) electrons. The quantitative estimate of drug-likeness (QED) is 0.493. The standard InChI is InChI=1S/C16H13F4N3O2/c1-8-10(3-2-4-11(8)17)15(14(24)23-25)5-9-7-21-13(16(18,19)20)22-12(9)6-15/h2-4,7,25H,5-6H2,1H3,(H,23,24). The average molecular weight is 355 g/mol. The summed E-state index contributed by atoms with van der Waals surface area (Å²) in [5.41, 5.74) is 0.949. The molecular weight excluding hydrogens is 342 g/mol. The van der Waals surface area contributed by atoms with Gasteiger partial charge in [-0.15, -0.1) is 0 Å². The molecule has 5 nitrogen and oxygen atoms in total. The van der Waals surface area contributed by atoms with E-state index in [1.54, 1.807) is 5.48 Å². The van der Waals surface area contributed by atoms with Gasteiger partial charge in [0.2, 0.25) is 5.82 Å². The molecule has 2 N–H and O–H groups in total. The molecule has 1 aromatic carbocycles. The number of carbonyl (C=O) groups is 1. The first-order chi connectivity index (χ1) is 11.7. The normalized spacial score (nSPS) is 19.6. The van der Waals surface area contributed by atoms with Crippen molar-refractivity contribution in [1.82, 2.24) is 15.4 Å². The van der Waals surface area contributed by atoms with Gasteiger partial charge in [0.1, 0.15) is 5.82 Å². The van der Waals surface area contributed by atoms with Crippen molar-refractivity contribution in [2.75, 3.05) is 0 Å². The van der Waals surface area contributed by atoms with Crippen molar-refractivity contribution in [2.24, 2.45) is 0 Å². The van der Waals surface area contributed by atoms with Gasteiger partial charge in [0.05, 0.1) is 5.41 Å². The number of nitrogens with one attached hydrogen (secondary N) is 1. The molecule has 1 aliphatic carbocycles. The minimum absolute atomic E-state index is 0.0445. The maximum absolute atomic E-state index is 13.9. The number of nitrogens with zero attached hydrogens (tertiary/aromatic N) is 2. The Balaban J connectivity index is 2.14. The van der Waals surface area contributed by atoms with Crippen molar-refractivity contribution in [1.29, 1.82) is 0 Å². The van der Waals surface area contributed by atoms with E-state index < -0.39 is 29.1 Å². The van der Waals surface area contributed by atoms with Crippen molar-refractivity contribution in [3.05, 3.63) is 58.4 Å². The molecule has 0 aliphatic heterocycles. The fourth-order valence-corrected chi connectivity index (χ4v) is 3.26. The Morgan fingerprint density at radius 2 is 2.04 bits per heavy atom. The first kappa shape index (κ1) is 17.3. The van der Waals surface area contributed by atoms with Gasteiger partial charge in [0.15, 0.2) is 0 Å². The number of aromatic nitrogens is 2. The molecule has 1 aromatic heterocycles. The van der Waals surface area contributed by atoms with Crippen LogP contribution in [0.15, 0.2) is 24.4 Å². The topological polar surface area (TPSA) is 75.1 Å². The molecule has 132 valence electrons. The van der Waals surface area contributed by atoms with Gasteiger partial charge in [-0.25, -0.2) is 19.8 Å². The highest BCUT2D eigenvalue weighted by Gasteiger charge is 2.48. The second-order valence-corrected chi connectivity index (χ2v) is 5.95. The van der Waals surface area contributed by atoms with E-state index in [0.717, 1.165) is 6.20 Å². The van der Waals surface area contributed by atoms with Crippen LogP contribution in [-0.2, 0) is 29.2 Å². The van der Waals surface area contributed by atoms with Crippen LogP contribution in [0, 0.1) is 12.7 Å². The van der Waals surface area contributed by atoms with Crippen LogP contribution >= 0.6 is 0 Å². The van der Waals surface area contributed by atoms with E-state index in [1.807, 2.05) is 0 Å². The van der Waals surface area contributed by atoms with Gasteiger partial charge in [-0.05, 0) is 36.1 Å². The Morgan fingerprint density at radius 1 is 1.32 bits per heavy atom. The lowest BCUT2D eigenvalue weighted by Gasteiger charge is -2.28. The molecule has 1 unspecified atom stereocenters. The summed E-state index contributed by atoms with van der Waals surface area (Å²) in [6.07, 6.45) is -3.94. The van der Waals surface area contributed by atoms with Crippen molar-refractivity contribution < 1.29 is 27.6 Å². The van der Waals surface area contributed by atoms with E-state index in [2.05, 4.69) is 9.97 Å². The lowest BCUT2D eigenvalue weighted by atomic mass is 9.75. The third-order valence-corrected chi connectivity index (χ3v) is 4.49. The predicted octanol–water partition coefficient (Wildman–Crippen LogP) is 2.48. The van der Waals surface area contributed by atoms with Gasteiger partial charge >= 0.3 is 6.18 Å². The number of alkyl halides is 3. The van der Waals surface area contributed by atoms with E-state index in [-0.39, 0.29) is 29.7 Å². The third-order valence-electron chi connectivity index (χ3n) is 4.49. The summed E-state index contributed by atoms with van der Waals surface area (Å²) in [5.74, 6) is -2.70. The van der Waals surface area contributed by atoms with Gasteiger partial charge in [-0.1, -0.05) is 12.1 Å². The number of carbonyl (C=O) groups excluding carboxylic acids is 1. The van der Waals surface area contributed by atoms with Gasteiger partial charge < -0.3 is 0 Å². The van der Waals surface area contributed by atoms with Crippen LogP contribution in [0.4, 0.5) is 17.6 Å². The highest BCUT2D eigenvalue weighted by atomic mass is 19.4. The summed E-state index contributed by atoms with van der Waals surface area (Å²) in [6, 6.07) is 4.13. The van der Waals surface area contributed by atoms with Crippen molar-refractivity contribution in [2.45, 2.75) is 31.4 Å². The first-order valence-corrected chi connectivity index (χ1v) is 7.31. The zero-order valence-corrected chi connectivity index (χ0v) is 13.0. The number of hydrogen-bond acceptors (Lipinski definition) is 4. The summed E-state index contributed by atoms with van der Waals surface area (Å²) in [6.45, 7) is 1.47. The summed E-state index contributed by atoms with van der Waals surface area (Å²) >= 11 is 0. The number of fused-ring (bicyclic) bond motifs is 1. The Kier molecular flexibility index (Phi) is 3.98. The van der Waals surface area contributed by atoms with Gasteiger partial charge in [0.25, 0.3) is 5.91 Å². The summed E-state index contributed by atoms with van der Waals surface area (Å²) in [5, 5.41) is 9.14. The lowest BCUT2D eigenvalue weighted by molar-refractivity contribution is -0.145. The summed E-state index contributed by atoms with van der Waals surface area (Å²) < 4.78 is 52.4. The van der Waals surface area contributed by atoms with E-state index in [9.17, 15) is 22.4 Å². The Hall–Kier alpha value is -2.55. The second kappa shape index (κ2) is 5.76. The van der Waals surface area contributed by atoms with Crippen LogP contribution in [0.2, 0.25) is 0 Å². The average Bonchev–Trinajstić information content (AvgIpc) is 2.95. The van der Waals surface area contributed by atoms with Crippen LogP contribution in [-0.4, -0.2) is 21.1 Å². The molecule has 0 spiro atoms. The summed E-state index contributed by atoms with van der Waals surface area (Å²) in [7, 11) is 0. The molecule has 1 atom stereocenters. The van der Waals surface area contributed by atoms with Crippen molar-refractivity contribution >= 4 is 5.91 Å². The first-order valence-electron chi connectivity index (χ1n) is 7.31. The minimum atomic E-state index is -4.71. The monoisotopic (exact) mass is 355 g/mol. The van der Waals surface area contributed by atoms with Crippen LogP contribution in [0.1, 0.15) is 28.2 Å². The summed E-state index contributed by atoms with van der Waals surface area (Å²) in [4.78, 5) is 19.2. The number of rotatable bonds is 2. The van der Waals surface area contributed by atoms with Gasteiger partial charge in [-0.3, -0.25) is 10.0 Å². The second-order valence-electron chi connectivity index (χ2n) is 5.95. The highest BCUT2D eigenvalue weighted by molar-refractivity contribution is 5.89. The maximum Gasteiger partial charge on any atom is 0.451 e. The molecule has 1 amide bonds. The smallest absolute Gasteiger partial charge is 0.289 e. The van der Waals surface area contributed by atoms with Crippen molar-refractivity contribution in [3.63, 3.8) is 0 Å². The fraction of sp³-hybridized carbons (Fsp3) is 0.312. The molecule has 25 heavy (non-hydrogen) atoms. The Bertz CT molecular complexity index is 854. The molecule has 0 bridgehead atoms. The van der Waals surface area contributed by atoms with Crippen LogP contribution in [0.25, 0.3) is 0 Å². The van der Waals surface area contributed by atoms with Gasteiger partial charge in [0, 0.05) is 18.3 Å². The zero-order chi connectivity index (χ0) is 18.4. The zero-order valence-electron chi connectivity index (χ0n) is 13.0. The molecule has 9 heteroatoms. The van der Waals surface area contributed by atoms with Gasteiger partial charge in [-0.2, -0.15) is 13.2 Å². The SMILES string of the molecule is Cc1c(F)cccc1C1(C(=O)NO)Cc2cnc(C(F)(F)F)nc2C1. The number of halogens is 4. The largest absolute Gasteiger partial charge is 0.451 e. The molecule has 1 heterocycles. The number of hydrogen-bond donors (Lipinski definition) is 2. The Morgan fingerprint density at radius 3 is 2.68 bits per heavy atom. The van der Waals surface area contributed by atoms with Crippen LogP contribution in [0.5, 0.6) is 0 Å². The molecule has 0 fully saturated rings. The van der Waals surface area contributed by atoms with Crippen LogP contribution < -0.4 is 5.48 Å². The fourth-order valence-electron chi connectivity index (χ4n) is 3.26. The third kappa shape index (κ3) is 2.74. The van der Waals surface area contributed by atoms with Crippen LogP contribution in [0.3, 0.4) is 0 Å². The molecular formula is C16H13F4N3O2. The predicted molar refractivity (Wildman–Crippen MR) is 77.2 cm³/mol. The van der Waals surface area contributed by atoms with E-state index in [4.69, 9.17) is 5.21 Å². The van der Waals surface area contributed by atoms with Crippen molar-refractivity contribution in [3.8, 4) is 0 Å². The molecule has 0 saturated heterocycles. The number of benzene rings is 1. The highest BCUT2D eigenvalue weighted by Crippen LogP contribution is 2.41. The molecule has 2 aromatic rings. The van der Waals surface area contributed by atoms with E-state index in [0.29, 0.717) is 5.56 Å². The lowest BCUT2D eigenvalue weighted by Crippen LogP contribution is -2.44. The molecule has 3 rings (SSSR count). The molecule has 0 saturated carbocycles. The number of amides is 1. The Labute approximate surface area is 139 Å². The maximum atomic E-state index is 13.9. The molecule has 1 aliphatic rings. The minimum Gasteiger partial charge on any atom is -0.289 e. The van der Waals surface area contributed by atoms with E-state index in [1.165, 1.54) is 25.1 Å².